The number of rotatable bonds is 7. The number of ether oxygens (including phenoxy) is 1. The second-order valence-corrected chi connectivity index (χ2v) is 3.63. The van der Waals surface area contributed by atoms with Crippen molar-refractivity contribution in [1.29, 1.82) is 0 Å². The molecule has 7 heteroatoms. The highest BCUT2D eigenvalue weighted by Gasteiger charge is 2.16. The number of nitrogens with two attached hydrogens (primary N) is 1. The Morgan fingerprint density at radius 3 is 2.83 bits per heavy atom. The molecule has 1 aromatic heterocycles. The molecule has 1 rings (SSSR count). The molecule has 0 spiro atoms. The second kappa shape index (κ2) is 6.77. The monoisotopic (exact) mass is 255 g/mol. The van der Waals surface area contributed by atoms with Gasteiger partial charge in [-0.25, -0.2) is 9.78 Å². The van der Waals surface area contributed by atoms with Crippen molar-refractivity contribution in [2.75, 3.05) is 44.0 Å². The van der Waals surface area contributed by atoms with Gasteiger partial charge in [-0.05, 0) is 6.07 Å². The molecule has 18 heavy (non-hydrogen) atoms. The zero-order valence-electron chi connectivity index (χ0n) is 10.2. The summed E-state index contributed by atoms with van der Waals surface area (Å²) >= 11 is 0. The molecule has 0 aromatic carbocycles. The number of pyridine rings is 1. The fraction of sp³-hybridized carbons (Fsp3) is 0.455. The summed E-state index contributed by atoms with van der Waals surface area (Å²) in [4.78, 5) is 16.7. The minimum absolute atomic E-state index is 0.0621. The molecule has 0 unspecified atom stereocenters. The summed E-state index contributed by atoms with van der Waals surface area (Å²) in [5.41, 5.74) is 5.95. The molecule has 1 heterocycles. The van der Waals surface area contributed by atoms with E-state index in [0.29, 0.717) is 25.4 Å². The van der Waals surface area contributed by atoms with Crippen molar-refractivity contribution in [2.24, 2.45) is 0 Å². The molecule has 0 aliphatic heterocycles. The Morgan fingerprint density at radius 2 is 2.28 bits per heavy atom. The lowest BCUT2D eigenvalue weighted by atomic mass is 10.2. The Bertz CT molecular complexity index is 411. The first-order valence-corrected chi connectivity index (χ1v) is 5.43. The molecule has 7 nitrogen and oxygen atoms in total. The highest BCUT2D eigenvalue weighted by molar-refractivity contribution is 5.95. The zero-order valence-corrected chi connectivity index (χ0v) is 10.2. The number of aromatic nitrogens is 1. The Labute approximate surface area is 105 Å². The van der Waals surface area contributed by atoms with Crippen LogP contribution in [0.4, 0.5) is 11.5 Å². The van der Waals surface area contributed by atoms with Crippen LogP contribution in [0.25, 0.3) is 0 Å². The van der Waals surface area contributed by atoms with Gasteiger partial charge in [-0.1, -0.05) is 0 Å². The van der Waals surface area contributed by atoms with E-state index < -0.39 is 5.97 Å². The van der Waals surface area contributed by atoms with Gasteiger partial charge in [0.2, 0.25) is 0 Å². The van der Waals surface area contributed by atoms with Crippen LogP contribution in [0.15, 0.2) is 12.3 Å². The summed E-state index contributed by atoms with van der Waals surface area (Å²) in [6.45, 7) is 1.09. The van der Waals surface area contributed by atoms with E-state index in [1.165, 1.54) is 12.3 Å². The summed E-state index contributed by atoms with van der Waals surface area (Å²) in [7, 11) is 1.55. The highest BCUT2D eigenvalue weighted by Crippen LogP contribution is 2.21. The van der Waals surface area contributed by atoms with Gasteiger partial charge in [-0.2, -0.15) is 0 Å². The number of carboxylic acids is 1. The number of hydrogen-bond donors (Lipinski definition) is 3. The lowest BCUT2D eigenvalue weighted by Gasteiger charge is -2.24. The number of nitrogen functional groups attached to an aromatic ring is 1. The van der Waals surface area contributed by atoms with Gasteiger partial charge in [0.25, 0.3) is 0 Å². The first-order chi connectivity index (χ1) is 8.60. The van der Waals surface area contributed by atoms with E-state index >= 15 is 0 Å². The molecule has 0 bridgehead atoms. The molecular weight excluding hydrogens is 238 g/mol. The Kier molecular flexibility index (Phi) is 5.34. The van der Waals surface area contributed by atoms with Crippen LogP contribution in [-0.2, 0) is 4.74 Å². The van der Waals surface area contributed by atoms with Gasteiger partial charge in [-0.3, -0.25) is 0 Å². The fourth-order valence-electron chi connectivity index (χ4n) is 1.56. The molecule has 0 aliphatic carbocycles. The third kappa shape index (κ3) is 3.57. The average Bonchev–Trinajstić information content (AvgIpc) is 2.34. The van der Waals surface area contributed by atoms with E-state index in [2.05, 4.69) is 4.98 Å². The van der Waals surface area contributed by atoms with Crippen LogP contribution in [0.5, 0.6) is 0 Å². The maximum Gasteiger partial charge on any atom is 0.338 e. The number of hydrogen-bond acceptors (Lipinski definition) is 6. The lowest BCUT2D eigenvalue weighted by Crippen LogP contribution is -2.31. The van der Waals surface area contributed by atoms with Gasteiger partial charge < -0.3 is 25.6 Å². The maximum absolute atomic E-state index is 11.2. The minimum Gasteiger partial charge on any atom is -0.478 e. The summed E-state index contributed by atoms with van der Waals surface area (Å²) in [5, 5.41) is 18.1. The number of methoxy groups -OCH3 is 1. The number of anilines is 2. The van der Waals surface area contributed by atoms with Crippen LogP contribution < -0.4 is 10.6 Å². The number of nitrogens with zero attached hydrogens (tertiary/aromatic N) is 2. The van der Waals surface area contributed by atoms with Gasteiger partial charge in [0.1, 0.15) is 5.82 Å². The first-order valence-electron chi connectivity index (χ1n) is 5.43. The molecule has 1 aromatic rings. The summed E-state index contributed by atoms with van der Waals surface area (Å²) in [6.07, 6.45) is 1.39. The minimum atomic E-state index is -1.08. The standard InChI is InChI=1S/C11H17N3O4/c1-18-5-3-14(2-4-15)9-7-13-10(12)6-8(9)11(16)17/h6-7,15H,2-5H2,1H3,(H2,12,13)(H,16,17). The molecule has 0 radical (unpaired) electrons. The van der Waals surface area contributed by atoms with E-state index in [0.717, 1.165) is 0 Å². The smallest absolute Gasteiger partial charge is 0.338 e. The van der Waals surface area contributed by atoms with Crippen molar-refractivity contribution in [3.05, 3.63) is 17.8 Å². The van der Waals surface area contributed by atoms with Crippen LogP contribution in [0.3, 0.4) is 0 Å². The molecule has 100 valence electrons. The topological polar surface area (TPSA) is 109 Å². The number of carbonyl (C=O) groups is 1. The van der Waals surface area contributed by atoms with E-state index in [1.54, 1.807) is 12.0 Å². The zero-order chi connectivity index (χ0) is 13.5. The number of aliphatic hydroxyl groups is 1. The predicted molar refractivity (Wildman–Crippen MR) is 66.8 cm³/mol. The van der Waals surface area contributed by atoms with Gasteiger partial charge >= 0.3 is 5.97 Å². The van der Waals surface area contributed by atoms with Crippen LogP contribution in [0, 0.1) is 0 Å². The molecule has 0 saturated heterocycles. The molecule has 0 fully saturated rings. The first kappa shape index (κ1) is 14.2. The van der Waals surface area contributed by atoms with Crippen molar-refractivity contribution in [3.63, 3.8) is 0 Å². The predicted octanol–water partition coefficient (Wildman–Crippen LogP) is -0.193. The van der Waals surface area contributed by atoms with Crippen molar-refractivity contribution >= 4 is 17.5 Å². The van der Waals surface area contributed by atoms with Crippen molar-refractivity contribution in [1.82, 2.24) is 4.98 Å². The van der Waals surface area contributed by atoms with Gasteiger partial charge in [0.05, 0.1) is 30.7 Å². The van der Waals surface area contributed by atoms with Crippen molar-refractivity contribution < 1.29 is 19.7 Å². The largest absolute Gasteiger partial charge is 0.478 e. The fourth-order valence-corrected chi connectivity index (χ4v) is 1.56. The van der Waals surface area contributed by atoms with E-state index in [-0.39, 0.29) is 18.0 Å². The molecule has 4 N–H and O–H groups in total. The summed E-state index contributed by atoms with van der Waals surface area (Å²) in [6, 6.07) is 1.30. The summed E-state index contributed by atoms with van der Waals surface area (Å²) < 4.78 is 4.95. The van der Waals surface area contributed by atoms with Gasteiger partial charge in [0, 0.05) is 20.2 Å². The number of aliphatic hydroxyl groups excluding tert-OH is 1. The second-order valence-electron chi connectivity index (χ2n) is 3.63. The number of aromatic carboxylic acids is 1. The SMILES string of the molecule is COCCN(CCO)c1cnc(N)cc1C(=O)O. The van der Waals surface area contributed by atoms with Crippen LogP contribution in [0.1, 0.15) is 10.4 Å². The lowest BCUT2D eigenvalue weighted by molar-refractivity contribution is 0.0697. The quantitative estimate of drug-likeness (QED) is 0.619. The molecule has 0 aliphatic rings. The Hall–Kier alpha value is -1.86. The van der Waals surface area contributed by atoms with Crippen molar-refractivity contribution in [3.8, 4) is 0 Å². The van der Waals surface area contributed by atoms with E-state index in [4.69, 9.17) is 20.7 Å². The van der Waals surface area contributed by atoms with Gasteiger partial charge in [-0.15, -0.1) is 0 Å². The molecule has 0 atom stereocenters. The van der Waals surface area contributed by atoms with Gasteiger partial charge in [0.15, 0.2) is 0 Å². The Balaban J connectivity index is 3.05. The normalized spacial score (nSPS) is 10.3. The van der Waals surface area contributed by atoms with Crippen LogP contribution >= 0.6 is 0 Å². The van der Waals surface area contributed by atoms with Crippen LogP contribution in [-0.4, -0.2) is 54.6 Å². The third-order valence-corrected chi connectivity index (χ3v) is 2.41. The molecular formula is C11H17N3O4. The van der Waals surface area contributed by atoms with E-state index in [1.807, 2.05) is 0 Å². The molecule has 0 amide bonds. The van der Waals surface area contributed by atoms with E-state index in [9.17, 15) is 4.79 Å². The average molecular weight is 255 g/mol. The maximum atomic E-state index is 11.2. The molecule has 0 saturated carbocycles. The van der Waals surface area contributed by atoms with Crippen molar-refractivity contribution in [2.45, 2.75) is 0 Å². The summed E-state index contributed by atoms with van der Waals surface area (Å²) in [5.74, 6) is -0.939. The third-order valence-electron chi connectivity index (χ3n) is 2.41. The number of carboxylic acid groups (broad SMARTS) is 1. The highest BCUT2D eigenvalue weighted by atomic mass is 16.5. The van der Waals surface area contributed by atoms with Crippen LogP contribution in [0.2, 0.25) is 0 Å². The Morgan fingerprint density at radius 1 is 1.56 bits per heavy atom.